The average Bonchev–Trinajstić information content (AvgIpc) is 3.39. The lowest BCUT2D eigenvalue weighted by atomic mass is 10.1. The summed E-state index contributed by atoms with van der Waals surface area (Å²) in [6.07, 6.45) is -1.73. The normalized spacial score (nSPS) is 17.9. The van der Waals surface area contributed by atoms with Crippen LogP contribution < -0.4 is 5.32 Å². The van der Waals surface area contributed by atoms with Crippen molar-refractivity contribution in [2.24, 2.45) is 0 Å². The maximum atomic E-state index is 14.6. The highest BCUT2D eigenvalue weighted by atomic mass is 19.4. The highest BCUT2D eigenvalue weighted by molar-refractivity contribution is 5.98. The van der Waals surface area contributed by atoms with Crippen LogP contribution in [0.4, 0.5) is 32.3 Å². The zero-order chi connectivity index (χ0) is 23.8. The molecule has 4 rings (SSSR count). The van der Waals surface area contributed by atoms with Gasteiger partial charge in [0.25, 0.3) is 11.8 Å². The molecular formula is C19H15F6N7O. The third-order valence-electron chi connectivity index (χ3n) is 5.08. The number of likely N-dealkylation sites (tertiary alicyclic amines) is 1. The Morgan fingerprint density at radius 3 is 2.45 bits per heavy atom. The maximum absolute atomic E-state index is 14.6. The summed E-state index contributed by atoms with van der Waals surface area (Å²) in [4.78, 5) is 21.9. The zero-order valence-electron chi connectivity index (χ0n) is 16.6. The van der Waals surface area contributed by atoms with Gasteiger partial charge in [-0.05, 0) is 12.1 Å². The monoisotopic (exact) mass is 471 g/mol. The van der Waals surface area contributed by atoms with Crippen molar-refractivity contribution in [3.8, 4) is 5.69 Å². The molecule has 1 fully saturated rings. The fourth-order valence-corrected chi connectivity index (χ4v) is 3.45. The number of rotatable bonds is 5. The molecule has 33 heavy (non-hydrogen) atoms. The van der Waals surface area contributed by atoms with E-state index in [1.54, 1.807) is 0 Å². The molecule has 0 unspecified atom stereocenters. The standard InChI is InChI=1S/C19H15F6N7O/c20-13-3-1-2-12(15(13)32-29-5-6-30-32)16(33)31-7-4-18(21,22)14(31)10-28-17-26-8-11(9-27-17)19(23,24)25/h1-3,5-6,8-9,14H,4,7,10H2,(H,26,27,28)/t14-/m1/s1. The van der Waals surface area contributed by atoms with Crippen LogP contribution in [0.3, 0.4) is 0 Å². The van der Waals surface area contributed by atoms with Gasteiger partial charge in [-0.2, -0.15) is 23.4 Å². The molecule has 14 heteroatoms. The van der Waals surface area contributed by atoms with E-state index < -0.39 is 48.4 Å². The fourth-order valence-electron chi connectivity index (χ4n) is 3.45. The minimum atomic E-state index is -4.65. The number of alkyl halides is 5. The van der Waals surface area contributed by atoms with Crippen molar-refractivity contribution in [3.05, 3.63) is 59.9 Å². The van der Waals surface area contributed by atoms with Crippen LogP contribution >= 0.6 is 0 Å². The van der Waals surface area contributed by atoms with E-state index in [4.69, 9.17) is 0 Å². The van der Waals surface area contributed by atoms with Crippen LogP contribution in [-0.4, -0.2) is 60.8 Å². The summed E-state index contributed by atoms with van der Waals surface area (Å²) in [6.45, 7) is -0.872. The first-order chi connectivity index (χ1) is 15.6. The fraction of sp³-hybridized carbons (Fsp3) is 0.316. The topological polar surface area (TPSA) is 88.8 Å². The van der Waals surface area contributed by atoms with E-state index in [0.29, 0.717) is 12.4 Å². The summed E-state index contributed by atoms with van der Waals surface area (Å²) < 4.78 is 81.5. The second-order valence-corrected chi connectivity index (χ2v) is 7.15. The van der Waals surface area contributed by atoms with Crippen molar-refractivity contribution in [2.75, 3.05) is 18.4 Å². The number of nitrogens with one attached hydrogen (secondary N) is 1. The van der Waals surface area contributed by atoms with Gasteiger partial charge in [0.15, 0.2) is 5.82 Å². The number of benzene rings is 1. The minimum Gasteiger partial charge on any atom is -0.352 e. The summed E-state index contributed by atoms with van der Waals surface area (Å²) in [5.74, 6) is -5.33. The Balaban J connectivity index is 1.57. The van der Waals surface area contributed by atoms with Gasteiger partial charge in [0.2, 0.25) is 5.95 Å². The first-order valence-electron chi connectivity index (χ1n) is 9.55. The highest BCUT2D eigenvalue weighted by Crippen LogP contribution is 2.36. The molecule has 1 aliphatic rings. The lowest BCUT2D eigenvalue weighted by molar-refractivity contribution is -0.138. The minimum absolute atomic E-state index is 0.223. The van der Waals surface area contributed by atoms with Gasteiger partial charge in [0, 0.05) is 31.9 Å². The number of hydrogen-bond acceptors (Lipinski definition) is 6. The Morgan fingerprint density at radius 1 is 1.15 bits per heavy atom. The Morgan fingerprint density at radius 2 is 1.82 bits per heavy atom. The van der Waals surface area contributed by atoms with E-state index in [1.807, 2.05) is 0 Å². The smallest absolute Gasteiger partial charge is 0.352 e. The van der Waals surface area contributed by atoms with E-state index in [2.05, 4.69) is 25.5 Å². The van der Waals surface area contributed by atoms with Crippen LogP contribution in [0.5, 0.6) is 0 Å². The van der Waals surface area contributed by atoms with Crippen molar-refractivity contribution in [2.45, 2.75) is 24.6 Å². The lowest BCUT2D eigenvalue weighted by Gasteiger charge is -2.28. The molecular weight excluding hydrogens is 456 g/mol. The van der Waals surface area contributed by atoms with Gasteiger partial charge in [0.1, 0.15) is 11.7 Å². The lowest BCUT2D eigenvalue weighted by Crippen LogP contribution is -2.47. The molecule has 3 heterocycles. The molecule has 3 aromatic rings. The summed E-state index contributed by atoms with van der Waals surface area (Å²) >= 11 is 0. The molecule has 1 N–H and O–H groups in total. The Kier molecular flexibility index (Phi) is 5.68. The van der Waals surface area contributed by atoms with E-state index in [9.17, 15) is 31.1 Å². The Bertz CT molecular complexity index is 1130. The number of hydrogen-bond donors (Lipinski definition) is 1. The molecule has 1 saturated heterocycles. The number of amides is 1. The summed E-state index contributed by atoms with van der Waals surface area (Å²) in [6, 6.07) is 1.92. The number of carbonyl (C=O) groups is 1. The molecule has 0 saturated carbocycles. The van der Waals surface area contributed by atoms with Crippen molar-refractivity contribution in [1.29, 1.82) is 0 Å². The summed E-state index contributed by atoms with van der Waals surface area (Å²) in [5.41, 5.74) is -1.61. The number of anilines is 1. The van der Waals surface area contributed by atoms with Gasteiger partial charge in [0.05, 0.1) is 23.5 Å². The molecule has 2 aromatic heterocycles. The van der Waals surface area contributed by atoms with Gasteiger partial charge < -0.3 is 10.2 Å². The second-order valence-electron chi connectivity index (χ2n) is 7.15. The van der Waals surface area contributed by atoms with E-state index >= 15 is 0 Å². The molecule has 8 nitrogen and oxygen atoms in total. The number of nitrogens with zero attached hydrogens (tertiary/aromatic N) is 6. The average molecular weight is 471 g/mol. The van der Waals surface area contributed by atoms with Crippen LogP contribution in [0.25, 0.3) is 5.69 Å². The van der Waals surface area contributed by atoms with Gasteiger partial charge in [-0.3, -0.25) is 4.79 Å². The number of carbonyl (C=O) groups excluding carboxylic acids is 1. The predicted molar refractivity (Wildman–Crippen MR) is 101 cm³/mol. The quantitative estimate of drug-likeness (QED) is 0.576. The summed E-state index contributed by atoms with van der Waals surface area (Å²) in [7, 11) is 0. The molecule has 0 spiro atoms. The SMILES string of the molecule is O=C(c1cccc(F)c1-n1nccn1)N1CCC(F)(F)[C@H]1CNc1ncc(C(F)(F)F)cn1. The number of aromatic nitrogens is 5. The molecule has 174 valence electrons. The van der Waals surface area contributed by atoms with Crippen LogP contribution in [-0.2, 0) is 6.18 Å². The molecule has 1 aliphatic heterocycles. The van der Waals surface area contributed by atoms with Crippen LogP contribution in [0.2, 0.25) is 0 Å². The van der Waals surface area contributed by atoms with E-state index in [1.165, 1.54) is 24.5 Å². The molecule has 1 amide bonds. The molecule has 0 radical (unpaired) electrons. The van der Waals surface area contributed by atoms with Gasteiger partial charge in [-0.1, -0.05) is 6.07 Å². The molecule has 0 aliphatic carbocycles. The van der Waals surface area contributed by atoms with Gasteiger partial charge in [-0.15, -0.1) is 4.80 Å². The first kappa shape index (κ1) is 22.5. The second kappa shape index (κ2) is 8.33. The Hall–Kier alpha value is -3.71. The summed E-state index contributed by atoms with van der Waals surface area (Å²) in [5, 5.41) is 10.0. The largest absolute Gasteiger partial charge is 0.419 e. The third kappa shape index (κ3) is 4.45. The zero-order valence-corrected chi connectivity index (χ0v) is 16.6. The van der Waals surface area contributed by atoms with E-state index in [0.717, 1.165) is 15.8 Å². The number of para-hydroxylation sites is 1. The van der Waals surface area contributed by atoms with Crippen molar-refractivity contribution >= 4 is 11.9 Å². The van der Waals surface area contributed by atoms with Crippen LogP contribution in [0.15, 0.2) is 43.0 Å². The maximum Gasteiger partial charge on any atom is 0.419 e. The third-order valence-corrected chi connectivity index (χ3v) is 5.08. The molecule has 0 bridgehead atoms. The Labute approximate surface area is 182 Å². The number of halogens is 6. The van der Waals surface area contributed by atoms with Crippen molar-refractivity contribution in [1.82, 2.24) is 29.9 Å². The predicted octanol–water partition coefficient (Wildman–Crippen LogP) is 3.18. The van der Waals surface area contributed by atoms with Gasteiger partial charge in [-0.25, -0.2) is 23.1 Å². The molecule has 1 atom stereocenters. The highest BCUT2D eigenvalue weighted by Gasteiger charge is 2.51. The van der Waals surface area contributed by atoms with E-state index in [-0.39, 0.29) is 23.7 Å². The van der Waals surface area contributed by atoms with Crippen molar-refractivity contribution < 1.29 is 31.1 Å². The first-order valence-corrected chi connectivity index (χ1v) is 9.55. The van der Waals surface area contributed by atoms with Crippen LogP contribution in [0.1, 0.15) is 22.3 Å². The molecule has 1 aromatic carbocycles. The van der Waals surface area contributed by atoms with Crippen molar-refractivity contribution in [3.63, 3.8) is 0 Å². The van der Waals surface area contributed by atoms with Crippen LogP contribution in [0, 0.1) is 5.82 Å². The van der Waals surface area contributed by atoms with Gasteiger partial charge >= 0.3 is 6.18 Å².